The number of carbonyl (C=O) groups excluding carboxylic acids is 1. The summed E-state index contributed by atoms with van der Waals surface area (Å²) < 4.78 is 27.0. The molecule has 8 heteroatoms. The standard InChI is InChI=1S/C20H24ClN3O3S/c1-3-22-28(26,27)16-8-6-14(2)17(13-16)20(25)23-18-12-15(21)7-9-19(18)24-10-4-5-11-24/h6-9,12-13,22H,3-5,10-11H2,1-2H3,(H,23,25). The molecule has 1 amide bonds. The maximum atomic E-state index is 13.0. The number of benzene rings is 2. The normalized spacial score (nSPS) is 14.3. The summed E-state index contributed by atoms with van der Waals surface area (Å²) in [6.45, 7) is 5.62. The molecule has 28 heavy (non-hydrogen) atoms. The Kier molecular flexibility index (Phi) is 6.27. The van der Waals surface area contributed by atoms with Crippen molar-refractivity contribution < 1.29 is 13.2 Å². The third-order valence-corrected chi connectivity index (χ3v) is 6.53. The van der Waals surface area contributed by atoms with Crippen molar-refractivity contribution in [3.63, 3.8) is 0 Å². The van der Waals surface area contributed by atoms with Gasteiger partial charge in [0, 0.05) is 30.2 Å². The Hall–Kier alpha value is -2.09. The summed E-state index contributed by atoms with van der Waals surface area (Å²) in [6, 6.07) is 9.98. The number of anilines is 2. The molecule has 6 nitrogen and oxygen atoms in total. The van der Waals surface area contributed by atoms with Gasteiger partial charge in [0.05, 0.1) is 16.3 Å². The largest absolute Gasteiger partial charge is 0.370 e. The molecule has 2 aromatic rings. The predicted octanol–water partition coefficient (Wildman–Crippen LogP) is 3.80. The Morgan fingerprint density at radius 3 is 2.54 bits per heavy atom. The van der Waals surface area contributed by atoms with Crippen LogP contribution in [-0.2, 0) is 10.0 Å². The molecule has 0 atom stereocenters. The van der Waals surface area contributed by atoms with Gasteiger partial charge in [-0.25, -0.2) is 13.1 Å². The van der Waals surface area contributed by atoms with Crippen molar-refractivity contribution in [1.29, 1.82) is 0 Å². The van der Waals surface area contributed by atoms with Gasteiger partial charge in [-0.05, 0) is 55.7 Å². The van der Waals surface area contributed by atoms with Crippen LogP contribution in [0.3, 0.4) is 0 Å². The van der Waals surface area contributed by atoms with Crippen LogP contribution in [0.25, 0.3) is 0 Å². The molecular formula is C20H24ClN3O3S. The number of sulfonamides is 1. The molecule has 0 unspecified atom stereocenters. The van der Waals surface area contributed by atoms with Crippen molar-refractivity contribution in [3.05, 3.63) is 52.5 Å². The number of halogens is 1. The molecule has 1 fully saturated rings. The van der Waals surface area contributed by atoms with E-state index in [2.05, 4.69) is 14.9 Å². The number of hydrogen-bond acceptors (Lipinski definition) is 4. The molecule has 1 aliphatic rings. The van der Waals surface area contributed by atoms with E-state index in [1.54, 1.807) is 32.0 Å². The smallest absolute Gasteiger partial charge is 0.256 e. The molecule has 3 rings (SSSR count). The second-order valence-electron chi connectivity index (χ2n) is 6.79. The van der Waals surface area contributed by atoms with Gasteiger partial charge >= 0.3 is 0 Å². The van der Waals surface area contributed by atoms with Crippen molar-refractivity contribution in [2.24, 2.45) is 0 Å². The fraction of sp³-hybridized carbons (Fsp3) is 0.350. The summed E-state index contributed by atoms with van der Waals surface area (Å²) in [4.78, 5) is 15.2. The van der Waals surface area contributed by atoms with Gasteiger partial charge in [-0.1, -0.05) is 24.6 Å². The minimum Gasteiger partial charge on any atom is -0.370 e. The topological polar surface area (TPSA) is 78.5 Å². The Morgan fingerprint density at radius 1 is 1.14 bits per heavy atom. The maximum Gasteiger partial charge on any atom is 0.256 e. The van der Waals surface area contributed by atoms with Gasteiger partial charge in [-0.2, -0.15) is 0 Å². The lowest BCUT2D eigenvalue weighted by atomic mass is 10.1. The van der Waals surface area contributed by atoms with Crippen LogP contribution in [0.2, 0.25) is 5.02 Å². The van der Waals surface area contributed by atoms with Gasteiger partial charge in [0.1, 0.15) is 0 Å². The first-order valence-electron chi connectivity index (χ1n) is 9.28. The van der Waals surface area contributed by atoms with Crippen molar-refractivity contribution in [2.45, 2.75) is 31.6 Å². The van der Waals surface area contributed by atoms with E-state index in [0.29, 0.717) is 21.8 Å². The lowest BCUT2D eigenvalue weighted by Gasteiger charge is -2.22. The number of rotatable bonds is 6. The average Bonchev–Trinajstić information content (AvgIpc) is 3.16. The van der Waals surface area contributed by atoms with Gasteiger partial charge in [-0.3, -0.25) is 4.79 Å². The molecule has 0 aromatic heterocycles. The van der Waals surface area contributed by atoms with Gasteiger partial charge in [0.25, 0.3) is 5.91 Å². The van der Waals surface area contributed by atoms with Crippen LogP contribution in [0.4, 0.5) is 11.4 Å². The fourth-order valence-corrected chi connectivity index (χ4v) is 4.56. The molecule has 0 aliphatic carbocycles. The van der Waals surface area contributed by atoms with Crippen LogP contribution in [-0.4, -0.2) is 34.0 Å². The number of nitrogens with one attached hydrogen (secondary N) is 2. The first-order valence-corrected chi connectivity index (χ1v) is 11.1. The van der Waals surface area contributed by atoms with Crippen LogP contribution in [0, 0.1) is 6.92 Å². The third-order valence-electron chi connectivity index (χ3n) is 4.75. The number of hydrogen-bond donors (Lipinski definition) is 2. The van der Waals surface area contributed by atoms with Gasteiger partial charge in [-0.15, -0.1) is 0 Å². The zero-order valence-corrected chi connectivity index (χ0v) is 17.5. The molecule has 2 N–H and O–H groups in total. The van der Waals surface area contributed by atoms with E-state index in [0.717, 1.165) is 31.6 Å². The van der Waals surface area contributed by atoms with Gasteiger partial charge in [0.15, 0.2) is 0 Å². The average molecular weight is 422 g/mol. The van der Waals surface area contributed by atoms with E-state index in [4.69, 9.17) is 11.6 Å². The molecular weight excluding hydrogens is 398 g/mol. The molecule has 1 heterocycles. The first kappa shape index (κ1) is 20.6. The highest BCUT2D eigenvalue weighted by molar-refractivity contribution is 7.89. The summed E-state index contributed by atoms with van der Waals surface area (Å²) in [6.07, 6.45) is 2.22. The van der Waals surface area contributed by atoms with Crippen molar-refractivity contribution in [1.82, 2.24) is 4.72 Å². The molecule has 0 bridgehead atoms. The Bertz CT molecular complexity index is 986. The zero-order chi connectivity index (χ0) is 20.3. The quantitative estimate of drug-likeness (QED) is 0.743. The molecule has 1 saturated heterocycles. The minimum atomic E-state index is -3.64. The minimum absolute atomic E-state index is 0.0657. The number of amides is 1. The van der Waals surface area contributed by atoms with Gasteiger partial charge < -0.3 is 10.2 Å². The monoisotopic (exact) mass is 421 g/mol. The number of nitrogens with zero attached hydrogens (tertiary/aromatic N) is 1. The predicted molar refractivity (Wildman–Crippen MR) is 113 cm³/mol. The highest BCUT2D eigenvalue weighted by Gasteiger charge is 2.20. The van der Waals surface area contributed by atoms with E-state index in [1.165, 1.54) is 12.1 Å². The highest BCUT2D eigenvalue weighted by atomic mass is 35.5. The van der Waals surface area contributed by atoms with Crippen molar-refractivity contribution in [3.8, 4) is 0 Å². The van der Waals surface area contributed by atoms with Crippen LogP contribution in [0.1, 0.15) is 35.7 Å². The summed E-state index contributed by atoms with van der Waals surface area (Å²) in [5.41, 5.74) is 2.55. The first-order chi connectivity index (χ1) is 13.3. The number of carbonyl (C=O) groups is 1. The summed E-state index contributed by atoms with van der Waals surface area (Å²) in [5, 5.41) is 3.44. The summed E-state index contributed by atoms with van der Waals surface area (Å²) in [7, 11) is -3.64. The van der Waals surface area contributed by atoms with Crippen LogP contribution >= 0.6 is 11.6 Å². The Balaban J connectivity index is 1.93. The van der Waals surface area contributed by atoms with Crippen LogP contribution in [0.15, 0.2) is 41.3 Å². The lowest BCUT2D eigenvalue weighted by Crippen LogP contribution is -2.24. The number of aryl methyl sites for hydroxylation is 1. The highest BCUT2D eigenvalue weighted by Crippen LogP contribution is 2.32. The lowest BCUT2D eigenvalue weighted by molar-refractivity contribution is 0.102. The van der Waals surface area contributed by atoms with E-state index in [1.807, 2.05) is 6.07 Å². The molecule has 150 valence electrons. The SMILES string of the molecule is CCNS(=O)(=O)c1ccc(C)c(C(=O)Nc2cc(Cl)ccc2N2CCCC2)c1. The van der Waals surface area contributed by atoms with E-state index in [-0.39, 0.29) is 17.3 Å². The van der Waals surface area contributed by atoms with Crippen molar-refractivity contribution >= 4 is 38.9 Å². The zero-order valence-electron chi connectivity index (χ0n) is 16.0. The van der Waals surface area contributed by atoms with Crippen LogP contribution in [0.5, 0.6) is 0 Å². The summed E-state index contributed by atoms with van der Waals surface area (Å²) in [5.74, 6) is -0.367. The van der Waals surface area contributed by atoms with E-state index >= 15 is 0 Å². The fourth-order valence-electron chi connectivity index (χ4n) is 3.32. The van der Waals surface area contributed by atoms with E-state index in [9.17, 15) is 13.2 Å². The molecule has 1 aliphatic heterocycles. The Morgan fingerprint density at radius 2 is 1.86 bits per heavy atom. The second-order valence-corrected chi connectivity index (χ2v) is 8.99. The van der Waals surface area contributed by atoms with E-state index < -0.39 is 10.0 Å². The molecule has 0 saturated carbocycles. The Labute approximate surface area is 170 Å². The molecule has 2 aromatic carbocycles. The van der Waals surface area contributed by atoms with Gasteiger partial charge in [0.2, 0.25) is 10.0 Å². The van der Waals surface area contributed by atoms with Crippen LogP contribution < -0.4 is 14.9 Å². The second kappa shape index (κ2) is 8.51. The third kappa shape index (κ3) is 4.48. The summed E-state index contributed by atoms with van der Waals surface area (Å²) >= 11 is 6.15. The van der Waals surface area contributed by atoms with Crippen molar-refractivity contribution in [2.75, 3.05) is 29.9 Å². The molecule has 0 spiro atoms. The molecule has 0 radical (unpaired) electrons. The maximum absolute atomic E-state index is 13.0.